The van der Waals surface area contributed by atoms with Crippen LogP contribution in [0.25, 0.3) is 0 Å². The second-order valence-corrected chi connectivity index (χ2v) is 7.67. The molecule has 156 valence electrons. The van der Waals surface area contributed by atoms with Gasteiger partial charge >= 0.3 is 18.0 Å². The first-order valence-electron chi connectivity index (χ1n) is 9.15. The van der Waals surface area contributed by atoms with Crippen LogP contribution >= 0.6 is 0 Å². The summed E-state index contributed by atoms with van der Waals surface area (Å²) in [4.78, 5) is 38.3. The van der Waals surface area contributed by atoms with Crippen LogP contribution in [-0.2, 0) is 14.2 Å². The summed E-state index contributed by atoms with van der Waals surface area (Å²) in [7, 11) is 0. The normalized spacial score (nSPS) is 19.1. The van der Waals surface area contributed by atoms with Crippen molar-refractivity contribution in [3.8, 4) is 0 Å². The summed E-state index contributed by atoms with van der Waals surface area (Å²) in [6, 6.07) is 2.48. The lowest BCUT2D eigenvalue weighted by Gasteiger charge is -2.28. The molecule has 1 unspecified atom stereocenters. The van der Waals surface area contributed by atoms with Crippen LogP contribution < -0.4 is 0 Å². The van der Waals surface area contributed by atoms with Crippen molar-refractivity contribution in [3.63, 3.8) is 0 Å². The molecule has 3 heterocycles. The molecule has 9 heteroatoms. The molecule has 3 rings (SSSR count). The number of furan rings is 2. The molecule has 0 spiro atoms. The summed E-state index contributed by atoms with van der Waals surface area (Å²) in [5.74, 6) is -1.12. The number of ether oxygens (including phenoxy) is 3. The molecule has 0 saturated carbocycles. The van der Waals surface area contributed by atoms with Gasteiger partial charge in [-0.25, -0.2) is 14.4 Å². The van der Waals surface area contributed by atoms with Gasteiger partial charge in [-0.15, -0.1) is 0 Å². The van der Waals surface area contributed by atoms with E-state index in [0.717, 1.165) is 0 Å². The van der Waals surface area contributed by atoms with Gasteiger partial charge in [0.15, 0.2) is 0 Å². The van der Waals surface area contributed by atoms with Crippen molar-refractivity contribution in [3.05, 3.63) is 48.3 Å². The highest BCUT2D eigenvalue weighted by Gasteiger charge is 2.40. The first kappa shape index (κ1) is 20.5. The van der Waals surface area contributed by atoms with Gasteiger partial charge in [0.25, 0.3) is 0 Å². The third-order valence-electron chi connectivity index (χ3n) is 4.20. The van der Waals surface area contributed by atoms with E-state index in [9.17, 15) is 14.4 Å². The van der Waals surface area contributed by atoms with E-state index < -0.39 is 35.8 Å². The van der Waals surface area contributed by atoms with E-state index in [1.54, 1.807) is 20.8 Å². The Hall–Kier alpha value is -3.23. The van der Waals surface area contributed by atoms with Crippen LogP contribution in [0.5, 0.6) is 0 Å². The van der Waals surface area contributed by atoms with Crippen LogP contribution in [-0.4, -0.2) is 53.8 Å². The van der Waals surface area contributed by atoms with Crippen LogP contribution in [0.15, 0.2) is 46.0 Å². The molecule has 1 fully saturated rings. The minimum Gasteiger partial charge on any atom is -0.472 e. The second-order valence-electron chi connectivity index (χ2n) is 7.67. The van der Waals surface area contributed by atoms with E-state index >= 15 is 0 Å². The van der Waals surface area contributed by atoms with Crippen molar-refractivity contribution in [2.45, 2.75) is 44.9 Å². The fourth-order valence-electron chi connectivity index (χ4n) is 2.90. The van der Waals surface area contributed by atoms with Crippen molar-refractivity contribution in [2.75, 3.05) is 13.2 Å². The van der Waals surface area contributed by atoms with E-state index in [1.165, 1.54) is 42.1 Å². The van der Waals surface area contributed by atoms with Crippen molar-refractivity contribution in [2.24, 2.45) is 0 Å². The number of amides is 1. The van der Waals surface area contributed by atoms with Crippen molar-refractivity contribution in [1.29, 1.82) is 0 Å². The smallest absolute Gasteiger partial charge is 0.410 e. The van der Waals surface area contributed by atoms with Crippen molar-refractivity contribution in [1.82, 2.24) is 4.90 Å². The molecule has 0 aliphatic carbocycles. The lowest BCUT2D eigenvalue weighted by atomic mass is 10.2. The van der Waals surface area contributed by atoms with Gasteiger partial charge in [-0.3, -0.25) is 4.90 Å². The number of likely N-dealkylation sites (tertiary alicyclic amines) is 1. The summed E-state index contributed by atoms with van der Waals surface area (Å²) in [5, 5.41) is 0. The van der Waals surface area contributed by atoms with Crippen LogP contribution in [0.1, 0.15) is 47.9 Å². The summed E-state index contributed by atoms with van der Waals surface area (Å²) in [6.07, 6.45) is 4.47. The van der Waals surface area contributed by atoms with Crippen molar-refractivity contribution < 1.29 is 37.4 Å². The Bertz CT molecular complexity index is 834. The molecule has 2 aromatic heterocycles. The second kappa shape index (κ2) is 8.42. The average molecular weight is 405 g/mol. The Kier molecular flexibility index (Phi) is 5.95. The monoisotopic (exact) mass is 405 g/mol. The van der Waals surface area contributed by atoms with Gasteiger partial charge < -0.3 is 23.0 Å². The SMILES string of the molecule is CC(C)(C)OC(=O)N1C[C@H](OC(=O)c2ccoc2)CC1COC(=O)c1ccoc1. The standard InChI is InChI=1S/C20H23NO8/c1-20(2,3)29-19(24)21-9-16(28-18(23)14-5-7-26-11-14)8-15(21)12-27-17(22)13-4-6-25-10-13/h4-7,10-11,15-16H,8-9,12H2,1-3H3/t15?,16-/m1/s1. The number of hydrogen-bond acceptors (Lipinski definition) is 8. The fourth-order valence-corrected chi connectivity index (χ4v) is 2.90. The molecular weight excluding hydrogens is 382 g/mol. The maximum atomic E-state index is 12.6. The minimum atomic E-state index is -0.694. The molecule has 1 saturated heterocycles. The molecule has 1 aliphatic rings. The average Bonchev–Trinajstić information content (AvgIpc) is 3.38. The summed E-state index contributed by atoms with van der Waals surface area (Å²) in [6.45, 7) is 5.33. The Balaban J connectivity index is 1.65. The third kappa shape index (κ3) is 5.40. The number of carbonyl (C=O) groups excluding carboxylic acids is 3. The molecular formula is C20H23NO8. The van der Waals surface area contributed by atoms with Crippen LogP contribution in [0, 0.1) is 0 Å². The van der Waals surface area contributed by atoms with Crippen LogP contribution in [0.4, 0.5) is 4.79 Å². The van der Waals surface area contributed by atoms with E-state index in [-0.39, 0.29) is 24.3 Å². The molecule has 0 aromatic carbocycles. The summed E-state index contributed by atoms with van der Waals surface area (Å²) in [5.41, 5.74) is -0.140. The van der Waals surface area contributed by atoms with Gasteiger partial charge in [0.05, 0.1) is 36.2 Å². The fraction of sp³-hybridized carbons (Fsp3) is 0.450. The van der Waals surface area contributed by atoms with Gasteiger partial charge in [-0.05, 0) is 32.9 Å². The van der Waals surface area contributed by atoms with Gasteiger partial charge in [0.1, 0.15) is 30.8 Å². The first-order valence-corrected chi connectivity index (χ1v) is 9.15. The molecule has 0 N–H and O–H groups in total. The predicted octanol–water partition coefficient (Wildman–Crippen LogP) is 3.26. The Morgan fingerprint density at radius 2 is 1.69 bits per heavy atom. The number of hydrogen-bond donors (Lipinski definition) is 0. The molecule has 0 bridgehead atoms. The molecule has 9 nitrogen and oxygen atoms in total. The molecule has 1 aliphatic heterocycles. The minimum absolute atomic E-state index is 0.0665. The number of rotatable bonds is 5. The quantitative estimate of drug-likeness (QED) is 0.551. The number of nitrogens with zero attached hydrogens (tertiary/aromatic N) is 1. The lowest BCUT2D eigenvalue weighted by molar-refractivity contribution is 0.00850. The van der Waals surface area contributed by atoms with E-state index in [1.807, 2.05) is 0 Å². The zero-order chi connectivity index (χ0) is 21.0. The highest BCUT2D eigenvalue weighted by atomic mass is 16.6. The maximum absolute atomic E-state index is 12.6. The molecule has 2 atom stereocenters. The van der Waals surface area contributed by atoms with Gasteiger partial charge in [-0.1, -0.05) is 0 Å². The van der Waals surface area contributed by atoms with E-state index in [0.29, 0.717) is 6.42 Å². The highest BCUT2D eigenvalue weighted by Crippen LogP contribution is 2.25. The number of carbonyl (C=O) groups is 3. The molecule has 0 radical (unpaired) electrons. The van der Waals surface area contributed by atoms with Gasteiger partial charge in [-0.2, -0.15) is 0 Å². The van der Waals surface area contributed by atoms with Gasteiger partial charge in [0.2, 0.25) is 0 Å². The zero-order valence-electron chi connectivity index (χ0n) is 16.5. The Morgan fingerprint density at radius 3 is 2.24 bits per heavy atom. The van der Waals surface area contributed by atoms with E-state index in [2.05, 4.69) is 0 Å². The topological polar surface area (TPSA) is 108 Å². The highest BCUT2D eigenvalue weighted by molar-refractivity contribution is 5.89. The predicted molar refractivity (Wildman–Crippen MR) is 98.2 cm³/mol. The zero-order valence-corrected chi connectivity index (χ0v) is 16.5. The van der Waals surface area contributed by atoms with Crippen molar-refractivity contribution >= 4 is 18.0 Å². The number of esters is 2. The lowest BCUT2D eigenvalue weighted by Crippen LogP contribution is -2.42. The van der Waals surface area contributed by atoms with Crippen LogP contribution in [0.3, 0.4) is 0 Å². The molecule has 29 heavy (non-hydrogen) atoms. The van der Waals surface area contributed by atoms with Gasteiger partial charge in [0, 0.05) is 6.42 Å². The largest absolute Gasteiger partial charge is 0.472 e. The van der Waals surface area contributed by atoms with Crippen LogP contribution in [0.2, 0.25) is 0 Å². The molecule has 2 aromatic rings. The Labute approximate surface area is 167 Å². The summed E-state index contributed by atoms with van der Waals surface area (Å²) >= 11 is 0. The Morgan fingerprint density at radius 1 is 1.07 bits per heavy atom. The summed E-state index contributed by atoms with van der Waals surface area (Å²) < 4.78 is 26.0. The third-order valence-corrected chi connectivity index (χ3v) is 4.20. The maximum Gasteiger partial charge on any atom is 0.410 e. The molecule has 1 amide bonds. The van der Waals surface area contributed by atoms with E-state index in [4.69, 9.17) is 23.0 Å². The first-order chi connectivity index (χ1) is 13.7.